The minimum absolute atomic E-state index is 0.0565. The molecule has 2 rings (SSSR count). The SMILES string of the molecule is Cc1ccc(C(=O)NCc2ccc(N)cc2)c(F)c1. The predicted octanol–water partition coefficient (Wildman–Crippen LogP) is 2.65. The lowest BCUT2D eigenvalue weighted by Crippen LogP contribution is -2.23. The van der Waals surface area contributed by atoms with Crippen LogP contribution in [0, 0.1) is 12.7 Å². The number of amides is 1. The molecule has 3 nitrogen and oxygen atoms in total. The zero-order valence-electron chi connectivity index (χ0n) is 10.6. The maximum Gasteiger partial charge on any atom is 0.254 e. The highest BCUT2D eigenvalue weighted by atomic mass is 19.1. The quantitative estimate of drug-likeness (QED) is 0.831. The topological polar surface area (TPSA) is 55.1 Å². The van der Waals surface area contributed by atoms with Gasteiger partial charge < -0.3 is 11.1 Å². The molecule has 0 aliphatic heterocycles. The summed E-state index contributed by atoms with van der Waals surface area (Å²) < 4.78 is 13.6. The Morgan fingerprint density at radius 2 is 1.89 bits per heavy atom. The number of nitrogen functional groups attached to an aromatic ring is 1. The Morgan fingerprint density at radius 1 is 1.21 bits per heavy atom. The second kappa shape index (κ2) is 5.52. The Hall–Kier alpha value is -2.36. The number of anilines is 1. The molecule has 19 heavy (non-hydrogen) atoms. The van der Waals surface area contributed by atoms with Crippen LogP contribution in [0.15, 0.2) is 42.5 Å². The number of benzene rings is 2. The lowest BCUT2D eigenvalue weighted by atomic mass is 10.1. The third-order valence-electron chi connectivity index (χ3n) is 2.80. The van der Waals surface area contributed by atoms with Gasteiger partial charge in [0, 0.05) is 12.2 Å². The lowest BCUT2D eigenvalue weighted by Gasteiger charge is -2.07. The van der Waals surface area contributed by atoms with E-state index in [4.69, 9.17) is 5.73 Å². The highest BCUT2D eigenvalue weighted by Gasteiger charge is 2.10. The van der Waals surface area contributed by atoms with E-state index in [0.717, 1.165) is 11.1 Å². The fraction of sp³-hybridized carbons (Fsp3) is 0.133. The molecule has 0 saturated carbocycles. The molecule has 3 N–H and O–H groups in total. The van der Waals surface area contributed by atoms with E-state index in [1.54, 1.807) is 25.1 Å². The molecule has 0 aliphatic rings. The van der Waals surface area contributed by atoms with Crippen molar-refractivity contribution in [1.82, 2.24) is 5.32 Å². The second-order valence-corrected chi connectivity index (χ2v) is 4.41. The Bertz CT molecular complexity index is 594. The van der Waals surface area contributed by atoms with Gasteiger partial charge in [-0.15, -0.1) is 0 Å². The lowest BCUT2D eigenvalue weighted by molar-refractivity contribution is 0.0947. The zero-order valence-corrected chi connectivity index (χ0v) is 10.6. The van der Waals surface area contributed by atoms with Crippen molar-refractivity contribution in [2.24, 2.45) is 0 Å². The molecule has 0 spiro atoms. The Balaban J connectivity index is 2.03. The van der Waals surface area contributed by atoms with E-state index in [1.807, 2.05) is 12.1 Å². The summed E-state index contributed by atoms with van der Waals surface area (Å²) in [6.45, 7) is 2.12. The molecule has 2 aromatic rings. The van der Waals surface area contributed by atoms with Crippen molar-refractivity contribution in [1.29, 1.82) is 0 Å². The first-order valence-corrected chi connectivity index (χ1v) is 5.95. The zero-order chi connectivity index (χ0) is 13.8. The van der Waals surface area contributed by atoms with E-state index in [1.165, 1.54) is 12.1 Å². The molecule has 4 heteroatoms. The summed E-state index contributed by atoms with van der Waals surface area (Å²) in [6.07, 6.45) is 0. The van der Waals surface area contributed by atoms with Crippen molar-refractivity contribution in [2.45, 2.75) is 13.5 Å². The number of nitrogens with two attached hydrogens (primary N) is 1. The van der Waals surface area contributed by atoms with E-state index < -0.39 is 11.7 Å². The van der Waals surface area contributed by atoms with Gasteiger partial charge in [0.15, 0.2) is 0 Å². The normalized spacial score (nSPS) is 10.2. The van der Waals surface area contributed by atoms with Gasteiger partial charge in [-0.2, -0.15) is 0 Å². The van der Waals surface area contributed by atoms with Crippen LogP contribution in [0.4, 0.5) is 10.1 Å². The molecule has 1 amide bonds. The van der Waals surface area contributed by atoms with Crippen LogP contribution in [0.25, 0.3) is 0 Å². The number of hydrogen-bond acceptors (Lipinski definition) is 2. The van der Waals surface area contributed by atoms with Crippen molar-refractivity contribution in [2.75, 3.05) is 5.73 Å². The molecular formula is C15H15FN2O. The molecule has 0 fully saturated rings. The molecule has 98 valence electrons. The van der Waals surface area contributed by atoms with Crippen LogP contribution in [-0.4, -0.2) is 5.91 Å². The first kappa shape index (κ1) is 13.1. The molecule has 0 aromatic heterocycles. The van der Waals surface area contributed by atoms with Crippen molar-refractivity contribution in [3.8, 4) is 0 Å². The average Bonchev–Trinajstić information content (AvgIpc) is 2.37. The van der Waals surface area contributed by atoms with E-state index in [9.17, 15) is 9.18 Å². The van der Waals surface area contributed by atoms with E-state index in [2.05, 4.69) is 5.32 Å². The van der Waals surface area contributed by atoms with Crippen molar-refractivity contribution in [3.63, 3.8) is 0 Å². The maximum atomic E-state index is 13.6. The number of aryl methyl sites for hydroxylation is 1. The third-order valence-corrected chi connectivity index (χ3v) is 2.80. The molecule has 0 bridgehead atoms. The molecule has 0 saturated heterocycles. The minimum atomic E-state index is -0.505. The van der Waals surface area contributed by atoms with Crippen LogP contribution in [0.5, 0.6) is 0 Å². The van der Waals surface area contributed by atoms with Crippen LogP contribution < -0.4 is 11.1 Å². The van der Waals surface area contributed by atoms with Gasteiger partial charge in [0.05, 0.1) is 5.56 Å². The van der Waals surface area contributed by atoms with Gasteiger partial charge in [0.1, 0.15) is 5.82 Å². The van der Waals surface area contributed by atoms with Gasteiger partial charge in [0.25, 0.3) is 5.91 Å². The Labute approximate surface area is 111 Å². The fourth-order valence-corrected chi connectivity index (χ4v) is 1.72. The number of hydrogen-bond donors (Lipinski definition) is 2. The number of nitrogens with one attached hydrogen (secondary N) is 1. The third kappa shape index (κ3) is 3.31. The van der Waals surface area contributed by atoms with Crippen LogP contribution in [-0.2, 0) is 6.54 Å². The van der Waals surface area contributed by atoms with Gasteiger partial charge in [-0.1, -0.05) is 18.2 Å². The molecule has 0 radical (unpaired) electrons. The highest BCUT2D eigenvalue weighted by Crippen LogP contribution is 2.10. The van der Waals surface area contributed by atoms with E-state index >= 15 is 0 Å². The van der Waals surface area contributed by atoms with Crippen molar-refractivity contribution < 1.29 is 9.18 Å². The van der Waals surface area contributed by atoms with Crippen LogP contribution in [0.3, 0.4) is 0 Å². The standard InChI is InChI=1S/C15H15FN2O/c1-10-2-7-13(14(16)8-10)15(19)18-9-11-3-5-12(17)6-4-11/h2-8H,9,17H2,1H3,(H,18,19). The van der Waals surface area contributed by atoms with Crippen molar-refractivity contribution >= 4 is 11.6 Å². The summed E-state index contributed by atoms with van der Waals surface area (Å²) in [5.41, 5.74) is 7.99. The molecule has 0 heterocycles. The molecular weight excluding hydrogens is 243 g/mol. The number of rotatable bonds is 3. The Morgan fingerprint density at radius 3 is 2.53 bits per heavy atom. The van der Waals surface area contributed by atoms with Crippen LogP contribution >= 0.6 is 0 Å². The van der Waals surface area contributed by atoms with Gasteiger partial charge in [-0.3, -0.25) is 4.79 Å². The summed E-state index contributed by atoms with van der Waals surface area (Å²) in [6, 6.07) is 11.7. The van der Waals surface area contributed by atoms with Crippen molar-refractivity contribution in [3.05, 3.63) is 65.0 Å². The number of carbonyl (C=O) groups excluding carboxylic acids is 1. The smallest absolute Gasteiger partial charge is 0.254 e. The first-order valence-electron chi connectivity index (χ1n) is 5.95. The highest BCUT2D eigenvalue weighted by molar-refractivity contribution is 5.94. The molecule has 0 unspecified atom stereocenters. The summed E-state index contributed by atoms with van der Waals surface area (Å²) in [5, 5.41) is 2.68. The van der Waals surface area contributed by atoms with Gasteiger partial charge in [0.2, 0.25) is 0 Å². The van der Waals surface area contributed by atoms with Gasteiger partial charge >= 0.3 is 0 Å². The van der Waals surface area contributed by atoms with E-state index in [-0.39, 0.29) is 5.56 Å². The van der Waals surface area contributed by atoms with Crippen LogP contribution in [0.2, 0.25) is 0 Å². The Kier molecular flexibility index (Phi) is 3.80. The largest absolute Gasteiger partial charge is 0.399 e. The van der Waals surface area contributed by atoms with Gasteiger partial charge in [-0.05, 0) is 42.3 Å². The summed E-state index contributed by atoms with van der Waals surface area (Å²) in [4.78, 5) is 11.8. The average molecular weight is 258 g/mol. The summed E-state index contributed by atoms with van der Waals surface area (Å²) in [7, 11) is 0. The van der Waals surface area contributed by atoms with Crippen LogP contribution in [0.1, 0.15) is 21.5 Å². The monoisotopic (exact) mass is 258 g/mol. The first-order chi connectivity index (χ1) is 9.06. The molecule has 0 aliphatic carbocycles. The summed E-state index contributed by atoms with van der Waals surface area (Å²) in [5.74, 6) is -0.927. The number of carbonyl (C=O) groups is 1. The molecule has 2 aromatic carbocycles. The summed E-state index contributed by atoms with van der Waals surface area (Å²) >= 11 is 0. The number of halogens is 1. The second-order valence-electron chi connectivity index (χ2n) is 4.41. The predicted molar refractivity (Wildman–Crippen MR) is 73.2 cm³/mol. The molecule has 0 atom stereocenters. The minimum Gasteiger partial charge on any atom is -0.399 e. The van der Waals surface area contributed by atoms with E-state index in [0.29, 0.717) is 12.2 Å². The van der Waals surface area contributed by atoms with Gasteiger partial charge in [-0.25, -0.2) is 4.39 Å². The fourth-order valence-electron chi connectivity index (χ4n) is 1.72. The maximum absolute atomic E-state index is 13.6.